The van der Waals surface area contributed by atoms with E-state index in [1.165, 1.54) is 38.6 Å². The highest BCUT2D eigenvalue weighted by molar-refractivity contribution is 4.99. The predicted octanol–water partition coefficient (Wildman–Crippen LogP) is 4.37. The van der Waals surface area contributed by atoms with E-state index in [0.717, 1.165) is 18.8 Å². The number of hydrogen-bond acceptors (Lipinski definition) is 1. The first-order valence-electron chi connectivity index (χ1n) is 7.32. The van der Waals surface area contributed by atoms with Crippen molar-refractivity contribution in [3.63, 3.8) is 0 Å². The maximum atomic E-state index is 3.45. The van der Waals surface area contributed by atoms with Gasteiger partial charge in [-0.25, -0.2) is 0 Å². The molecule has 0 aliphatic heterocycles. The molecule has 0 rings (SSSR count). The fourth-order valence-electron chi connectivity index (χ4n) is 1.62. The molecule has 0 aliphatic rings. The van der Waals surface area contributed by atoms with Gasteiger partial charge >= 0.3 is 0 Å². The summed E-state index contributed by atoms with van der Waals surface area (Å²) in [6.07, 6.45) is 8.82. The zero-order valence-electron chi connectivity index (χ0n) is 12.3. The second-order valence-electron chi connectivity index (χ2n) is 5.58. The predicted molar refractivity (Wildman–Crippen MR) is 78.1 cm³/mol. The fraction of sp³-hybridized carbons (Fsp3) is 0.875. The van der Waals surface area contributed by atoms with Crippen LogP contribution in [0.5, 0.6) is 0 Å². The normalized spacial score (nSPS) is 10.7. The zero-order valence-corrected chi connectivity index (χ0v) is 12.3. The molecule has 0 atom stereocenters. The van der Waals surface area contributed by atoms with E-state index in [4.69, 9.17) is 0 Å². The summed E-state index contributed by atoms with van der Waals surface area (Å²) in [6, 6.07) is 0.631. The van der Waals surface area contributed by atoms with E-state index in [1.54, 1.807) is 0 Å². The van der Waals surface area contributed by atoms with Gasteiger partial charge < -0.3 is 5.32 Å². The van der Waals surface area contributed by atoms with E-state index in [0.29, 0.717) is 6.04 Å². The van der Waals surface area contributed by atoms with Crippen LogP contribution in [0.4, 0.5) is 0 Å². The largest absolute Gasteiger partial charge is 0.315 e. The number of hydrogen-bond donors (Lipinski definition) is 1. The van der Waals surface area contributed by atoms with E-state index >= 15 is 0 Å². The van der Waals surface area contributed by atoms with Crippen LogP contribution in [0.25, 0.3) is 0 Å². The molecule has 0 heterocycles. The Kier molecular flexibility index (Phi) is 11.7. The summed E-state index contributed by atoms with van der Waals surface area (Å²) >= 11 is 0. The minimum Gasteiger partial charge on any atom is -0.315 e. The summed E-state index contributed by atoms with van der Waals surface area (Å²) in [6.45, 7) is 10.0. The lowest BCUT2D eigenvalue weighted by Gasteiger charge is -2.06. The number of unbranched alkanes of at least 4 members (excludes halogenated alkanes) is 5. The Bertz CT molecular complexity index is 207. The molecular weight excluding hydrogens is 206 g/mol. The lowest BCUT2D eigenvalue weighted by atomic mass is 10.1. The second kappa shape index (κ2) is 12.0. The van der Waals surface area contributed by atoms with Crippen molar-refractivity contribution in [2.24, 2.45) is 5.92 Å². The summed E-state index contributed by atoms with van der Waals surface area (Å²) in [4.78, 5) is 0. The molecule has 0 saturated heterocycles. The van der Waals surface area contributed by atoms with Crippen LogP contribution in [-0.4, -0.2) is 12.6 Å². The standard InChI is InChI=1S/C16H31N/c1-15(2)13-11-9-7-5-6-8-10-12-14-17-16(3)4/h15-17H,5-8,10,12-14H2,1-4H3. The Labute approximate surface area is 109 Å². The molecule has 0 aromatic rings. The molecule has 1 heteroatoms. The van der Waals surface area contributed by atoms with Crippen molar-refractivity contribution in [1.29, 1.82) is 0 Å². The highest BCUT2D eigenvalue weighted by atomic mass is 14.9. The van der Waals surface area contributed by atoms with Gasteiger partial charge in [0.1, 0.15) is 0 Å². The van der Waals surface area contributed by atoms with Gasteiger partial charge in [0, 0.05) is 18.9 Å². The average molecular weight is 237 g/mol. The van der Waals surface area contributed by atoms with E-state index in [-0.39, 0.29) is 0 Å². The van der Waals surface area contributed by atoms with Gasteiger partial charge in [0.2, 0.25) is 0 Å². The van der Waals surface area contributed by atoms with Crippen LogP contribution in [0, 0.1) is 17.8 Å². The number of nitrogens with one attached hydrogen (secondary N) is 1. The van der Waals surface area contributed by atoms with Gasteiger partial charge in [-0.15, -0.1) is 11.8 Å². The Balaban J connectivity index is 3.10. The van der Waals surface area contributed by atoms with Crippen LogP contribution in [0.2, 0.25) is 0 Å². The Morgan fingerprint density at radius 1 is 0.824 bits per heavy atom. The van der Waals surface area contributed by atoms with Crippen molar-refractivity contribution in [1.82, 2.24) is 5.32 Å². The van der Waals surface area contributed by atoms with Gasteiger partial charge in [0.05, 0.1) is 0 Å². The molecule has 0 bridgehead atoms. The molecule has 0 unspecified atom stereocenters. The van der Waals surface area contributed by atoms with E-state index in [9.17, 15) is 0 Å². The van der Waals surface area contributed by atoms with Gasteiger partial charge in [0.25, 0.3) is 0 Å². The molecule has 0 amide bonds. The summed E-state index contributed by atoms with van der Waals surface area (Å²) < 4.78 is 0. The molecule has 1 N–H and O–H groups in total. The van der Waals surface area contributed by atoms with Crippen molar-refractivity contribution >= 4 is 0 Å². The molecule has 0 spiro atoms. The van der Waals surface area contributed by atoms with Gasteiger partial charge in [-0.3, -0.25) is 0 Å². The molecule has 100 valence electrons. The average Bonchev–Trinajstić information content (AvgIpc) is 2.25. The van der Waals surface area contributed by atoms with Crippen LogP contribution in [0.1, 0.15) is 72.6 Å². The van der Waals surface area contributed by atoms with Crippen LogP contribution in [0.3, 0.4) is 0 Å². The van der Waals surface area contributed by atoms with Gasteiger partial charge in [-0.2, -0.15) is 0 Å². The minimum atomic E-state index is 0.631. The van der Waals surface area contributed by atoms with Crippen LogP contribution >= 0.6 is 0 Å². The fourth-order valence-corrected chi connectivity index (χ4v) is 1.62. The zero-order chi connectivity index (χ0) is 12.9. The van der Waals surface area contributed by atoms with Crippen molar-refractivity contribution in [3.05, 3.63) is 0 Å². The molecular formula is C16H31N. The minimum absolute atomic E-state index is 0.631. The summed E-state index contributed by atoms with van der Waals surface area (Å²) in [5.74, 6) is 7.24. The summed E-state index contributed by atoms with van der Waals surface area (Å²) in [5.41, 5.74) is 0. The number of rotatable bonds is 9. The monoisotopic (exact) mass is 237 g/mol. The molecule has 1 nitrogen and oxygen atoms in total. The van der Waals surface area contributed by atoms with E-state index in [1.807, 2.05) is 0 Å². The first-order valence-corrected chi connectivity index (χ1v) is 7.32. The maximum Gasteiger partial charge on any atom is 0.0112 e. The summed E-state index contributed by atoms with van der Waals surface area (Å²) in [7, 11) is 0. The third-order valence-electron chi connectivity index (χ3n) is 2.67. The third-order valence-corrected chi connectivity index (χ3v) is 2.67. The molecule has 0 saturated carbocycles. The first kappa shape index (κ1) is 16.5. The SMILES string of the molecule is CC(C)CC#CCCCCCCCNC(C)C. The van der Waals surface area contributed by atoms with Crippen LogP contribution in [0.15, 0.2) is 0 Å². The van der Waals surface area contributed by atoms with E-state index < -0.39 is 0 Å². The Morgan fingerprint density at radius 3 is 2.12 bits per heavy atom. The molecule has 0 fully saturated rings. The smallest absolute Gasteiger partial charge is 0.0112 e. The van der Waals surface area contributed by atoms with E-state index in [2.05, 4.69) is 44.9 Å². The van der Waals surface area contributed by atoms with Crippen LogP contribution < -0.4 is 5.32 Å². The molecule has 0 radical (unpaired) electrons. The topological polar surface area (TPSA) is 12.0 Å². The van der Waals surface area contributed by atoms with Crippen LogP contribution in [-0.2, 0) is 0 Å². The van der Waals surface area contributed by atoms with Crippen molar-refractivity contribution < 1.29 is 0 Å². The van der Waals surface area contributed by atoms with Gasteiger partial charge in [-0.05, 0) is 25.3 Å². The van der Waals surface area contributed by atoms with Gasteiger partial charge in [0.15, 0.2) is 0 Å². The first-order chi connectivity index (χ1) is 8.13. The molecule has 0 aromatic carbocycles. The highest BCUT2D eigenvalue weighted by Crippen LogP contribution is 2.04. The summed E-state index contributed by atoms with van der Waals surface area (Å²) in [5, 5.41) is 3.45. The maximum absolute atomic E-state index is 3.45. The highest BCUT2D eigenvalue weighted by Gasteiger charge is 1.92. The molecule has 0 aliphatic carbocycles. The van der Waals surface area contributed by atoms with Crippen molar-refractivity contribution in [2.45, 2.75) is 78.7 Å². The quantitative estimate of drug-likeness (QED) is 0.464. The Hall–Kier alpha value is -0.480. The lowest BCUT2D eigenvalue weighted by molar-refractivity contribution is 0.538. The second-order valence-corrected chi connectivity index (χ2v) is 5.58. The molecule has 17 heavy (non-hydrogen) atoms. The van der Waals surface area contributed by atoms with Gasteiger partial charge in [-0.1, -0.05) is 47.0 Å². The van der Waals surface area contributed by atoms with Crippen molar-refractivity contribution in [2.75, 3.05) is 6.54 Å². The lowest BCUT2D eigenvalue weighted by Crippen LogP contribution is -2.23. The van der Waals surface area contributed by atoms with Crippen molar-refractivity contribution in [3.8, 4) is 11.8 Å². The molecule has 0 aromatic heterocycles. The Morgan fingerprint density at radius 2 is 1.47 bits per heavy atom. The third kappa shape index (κ3) is 15.5.